The van der Waals surface area contributed by atoms with Gasteiger partial charge in [-0.3, -0.25) is 14.4 Å². The monoisotopic (exact) mass is 487 g/mol. The second-order valence-corrected chi connectivity index (χ2v) is 8.29. The zero-order valence-electron chi connectivity index (χ0n) is 20.4. The van der Waals surface area contributed by atoms with Crippen LogP contribution in [-0.2, 0) is 0 Å². The minimum Gasteiger partial charge on any atom is -0.506 e. The number of aromatic hydroxyl groups is 2. The third-order valence-electron chi connectivity index (χ3n) is 5.66. The van der Waals surface area contributed by atoms with Crippen LogP contribution in [0.5, 0.6) is 11.5 Å². The Bertz CT molecular complexity index is 1390. The van der Waals surface area contributed by atoms with Crippen LogP contribution >= 0.6 is 0 Å². The molecule has 0 aromatic heterocycles. The smallest absolute Gasteiger partial charge is 0.253 e. The molecule has 1 atom stereocenters. The second kappa shape index (κ2) is 11.7. The van der Waals surface area contributed by atoms with Crippen LogP contribution in [0.2, 0.25) is 0 Å². The highest BCUT2D eigenvalue weighted by molar-refractivity contribution is 5.87. The van der Waals surface area contributed by atoms with Crippen molar-refractivity contribution in [3.63, 3.8) is 0 Å². The van der Waals surface area contributed by atoms with Gasteiger partial charge in [-0.05, 0) is 36.2 Å². The van der Waals surface area contributed by atoms with Gasteiger partial charge in [-0.1, -0.05) is 55.5 Å². The topological polar surface area (TPSA) is 119 Å². The summed E-state index contributed by atoms with van der Waals surface area (Å²) < 4.78 is 0. The number of carbonyl (C=O) groups is 1. The number of phenols is 2. The zero-order chi connectivity index (χ0) is 26.2. The van der Waals surface area contributed by atoms with Crippen LogP contribution in [-0.4, -0.2) is 30.6 Å². The first-order valence-electron chi connectivity index (χ1n) is 11.4. The average molecular weight is 488 g/mol. The minimum atomic E-state index is -0.661. The average Bonchev–Trinajstić information content (AvgIpc) is 2.90. The Kier molecular flexibility index (Phi) is 8.46. The predicted octanol–water partition coefficient (Wildman–Crippen LogP) is 4.57. The van der Waals surface area contributed by atoms with Crippen molar-refractivity contribution in [2.24, 2.45) is 0 Å². The van der Waals surface area contributed by atoms with Crippen LogP contribution in [0.15, 0.2) is 82.4 Å². The lowest BCUT2D eigenvalue weighted by atomic mass is 10.0. The number of rotatable bonds is 8. The molecule has 4 aromatic rings. The zero-order valence-corrected chi connectivity index (χ0v) is 20.4. The van der Waals surface area contributed by atoms with E-state index < -0.39 is 10.9 Å². The van der Waals surface area contributed by atoms with Gasteiger partial charge in [-0.25, -0.2) is 0 Å². The number of carbonyl (C=O) groups excluding carboxylic acids is 1. The lowest BCUT2D eigenvalue weighted by Gasteiger charge is -2.22. The van der Waals surface area contributed by atoms with Gasteiger partial charge in [0.25, 0.3) is 10.9 Å². The predicted molar refractivity (Wildman–Crippen MR) is 144 cm³/mol. The fourth-order valence-corrected chi connectivity index (χ4v) is 3.66. The van der Waals surface area contributed by atoms with Gasteiger partial charge in [0.05, 0.1) is 23.0 Å². The van der Waals surface area contributed by atoms with Crippen LogP contribution in [0.3, 0.4) is 0 Å². The van der Waals surface area contributed by atoms with Gasteiger partial charge in [0, 0.05) is 14.1 Å². The number of hydrogen-bond donors (Lipinski definition) is 4. The summed E-state index contributed by atoms with van der Waals surface area (Å²) in [6.07, 6.45) is 1.23. The first-order valence-corrected chi connectivity index (χ1v) is 11.4. The molecule has 4 rings (SSSR count). The molecule has 0 aliphatic heterocycles. The largest absolute Gasteiger partial charge is 0.506 e. The van der Waals surface area contributed by atoms with Gasteiger partial charge in [0.15, 0.2) is 6.29 Å². The standard InChI is InChI=1S/C20H18N2O4.C8H11NO/c1-2-14(12-7-4-3-5-8-12)21-16-17(20(26)19(16)25)22-15-10-6-9-13(11-23)18(15)24;1-9(2)7-5-3-4-6-8(7)10/h3-11,14,21-22,24H,2H2,1H3;3-6,10H,1-2H3/t14-;/m1./s1. The van der Waals surface area contributed by atoms with Gasteiger partial charge in [0.2, 0.25) is 0 Å². The maximum absolute atomic E-state index is 12.0. The summed E-state index contributed by atoms with van der Waals surface area (Å²) in [6.45, 7) is 1.97. The molecule has 186 valence electrons. The molecule has 0 fully saturated rings. The van der Waals surface area contributed by atoms with Gasteiger partial charge in [0.1, 0.15) is 22.9 Å². The summed E-state index contributed by atoms with van der Waals surface area (Å²) in [5.41, 5.74) is 1.14. The third kappa shape index (κ3) is 5.72. The van der Waals surface area contributed by atoms with E-state index in [2.05, 4.69) is 10.6 Å². The Morgan fingerprint density at radius 1 is 0.861 bits per heavy atom. The number of para-hydroxylation sites is 3. The van der Waals surface area contributed by atoms with E-state index in [1.807, 2.05) is 74.4 Å². The molecular weight excluding hydrogens is 458 g/mol. The molecule has 0 aliphatic rings. The summed E-state index contributed by atoms with van der Waals surface area (Å²) >= 11 is 0. The third-order valence-corrected chi connectivity index (χ3v) is 5.66. The summed E-state index contributed by atoms with van der Waals surface area (Å²) in [4.78, 5) is 36.8. The maximum atomic E-state index is 12.0. The highest BCUT2D eigenvalue weighted by atomic mass is 16.3. The summed E-state index contributed by atoms with van der Waals surface area (Å²) in [6, 6.07) is 21.3. The molecule has 0 saturated heterocycles. The SMILES string of the molecule is CC[C@@H](Nc1c(Nc2cccc(C=O)c2O)c(=O)c1=O)c1ccccc1.CN(C)c1ccccc1O. The van der Waals surface area contributed by atoms with E-state index in [1.165, 1.54) is 12.1 Å². The Morgan fingerprint density at radius 3 is 2.08 bits per heavy atom. The van der Waals surface area contributed by atoms with Gasteiger partial charge in [-0.15, -0.1) is 0 Å². The highest BCUT2D eigenvalue weighted by Crippen LogP contribution is 2.32. The van der Waals surface area contributed by atoms with E-state index in [4.69, 9.17) is 0 Å². The second-order valence-electron chi connectivity index (χ2n) is 8.29. The van der Waals surface area contributed by atoms with Crippen LogP contribution in [0.25, 0.3) is 0 Å². The van der Waals surface area contributed by atoms with Crippen molar-refractivity contribution < 1.29 is 15.0 Å². The number of phenolic OH excluding ortho intramolecular Hbond substituents is 2. The van der Waals surface area contributed by atoms with E-state index in [0.29, 0.717) is 18.5 Å². The van der Waals surface area contributed by atoms with Crippen molar-refractivity contribution >= 4 is 29.0 Å². The Balaban J connectivity index is 0.000000303. The maximum Gasteiger partial charge on any atom is 0.253 e. The van der Waals surface area contributed by atoms with Crippen molar-refractivity contribution in [3.05, 3.63) is 104 Å². The number of aldehydes is 1. The lowest BCUT2D eigenvalue weighted by Crippen LogP contribution is -2.37. The Labute approximate surface area is 209 Å². The number of hydrogen-bond acceptors (Lipinski definition) is 8. The fourth-order valence-electron chi connectivity index (χ4n) is 3.66. The summed E-state index contributed by atoms with van der Waals surface area (Å²) in [5.74, 6) is 0.0594. The molecular formula is C28H29N3O5. The molecule has 0 aliphatic carbocycles. The van der Waals surface area contributed by atoms with E-state index in [-0.39, 0.29) is 34.4 Å². The number of benzene rings is 3. The fraction of sp³-hybridized carbons (Fsp3) is 0.179. The van der Waals surface area contributed by atoms with Crippen molar-refractivity contribution in [1.82, 2.24) is 0 Å². The lowest BCUT2D eigenvalue weighted by molar-refractivity contribution is 0.112. The molecule has 0 spiro atoms. The van der Waals surface area contributed by atoms with Crippen molar-refractivity contribution in [1.29, 1.82) is 0 Å². The van der Waals surface area contributed by atoms with Crippen LogP contribution < -0.4 is 26.4 Å². The molecule has 0 amide bonds. The number of nitrogens with one attached hydrogen (secondary N) is 2. The van der Waals surface area contributed by atoms with Crippen LogP contribution in [0, 0.1) is 0 Å². The van der Waals surface area contributed by atoms with Crippen LogP contribution in [0.1, 0.15) is 35.3 Å². The number of anilines is 4. The van der Waals surface area contributed by atoms with Crippen molar-refractivity contribution in [2.45, 2.75) is 19.4 Å². The molecule has 0 bridgehead atoms. The molecule has 8 heteroatoms. The number of nitrogens with zero attached hydrogens (tertiary/aromatic N) is 1. The van der Waals surface area contributed by atoms with Crippen LogP contribution in [0.4, 0.5) is 22.7 Å². The Hall–Kier alpha value is -4.59. The minimum absolute atomic E-state index is 0.0859. The van der Waals surface area contributed by atoms with E-state index in [1.54, 1.807) is 12.1 Å². The molecule has 0 unspecified atom stereocenters. The van der Waals surface area contributed by atoms with Crippen molar-refractivity contribution in [3.8, 4) is 11.5 Å². The molecule has 4 N–H and O–H groups in total. The first kappa shape index (κ1) is 26.0. The first-order chi connectivity index (χ1) is 17.3. The summed E-state index contributed by atoms with van der Waals surface area (Å²) in [7, 11) is 3.80. The molecule has 0 heterocycles. The van der Waals surface area contributed by atoms with E-state index in [0.717, 1.165) is 11.3 Å². The summed E-state index contributed by atoms with van der Waals surface area (Å²) in [5, 5.41) is 25.2. The molecule has 8 nitrogen and oxygen atoms in total. The molecule has 0 radical (unpaired) electrons. The normalized spacial score (nSPS) is 11.2. The van der Waals surface area contributed by atoms with E-state index in [9.17, 15) is 24.6 Å². The van der Waals surface area contributed by atoms with Crippen molar-refractivity contribution in [2.75, 3.05) is 29.6 Å². The van der Waals surface area contributed by atoms with Gasteiger partial charge < -0.3 is 25.7 Å². The molecule has 0 saturated carbocycles. The quantitative estimate of drug-likeness (QED) is 0.162. The Morgan fingerprint density at radius 2 is 1.50 bits per heavy atom. The molecule has 36 heavy (non-hydrogen) atoms. The van der Waals surface area contributed by atoms with Gasteiger partial charge >= 0.3 is 0 Å². The highest BCUT2D eigenvalue weighted by Gasteiger charge is 2.24. The molecule has 4 aromatic carbocycles. The van der Waals surface area contributed by atoms with Gasteiger partial charge in [-0.2, -0.15) is 0 Å². The van der Waals surface area contributed by atoms with E-state index >= 15 is 0 Å².